The van der Waals surface area contributed by atoms with Gasteiger partial charge in [0.05, 0.1) is 5.56 Å². The molecule has 2 amide bonds. The third-order valence-corrected chi connectivity index (χ3v) is 6.37. The molecule has 1 aliphatic heterocycles. The molecule has 1 saturated heterocycles. The topological polar surface area (TPSA) is 122 Å². The Balaban J connectivity index is 1.59. The molecule has 2 heterocycles. The monoisotopic (exact) mass is 542 g/mol. The van der Waals surface area contributed by atoms with Gasteiger partial charge in [0.15, 0.2) is 5.82 Å². The lowest BCUT2D eigenvalue weighted by Gasteiger charge is -2.21. The van der Waals surface area contributed by atoms with Gasteiger partial charge in [-0.15, -0.1) is 0 Å². The lowest BCUT2D eigenvalue weighted by molar-refractivity contribution is -0.137. The van der Waals surface area contributed by atoms with Crippen molar-refractivity contribution in [3.05, 3.63) is 65.4 Å². The van der Waals surface area contributed by atoms with Crippen molar-refractivity contribution in [2.24, 2.45) is 5.73 Å². The molecule has 1 atom stereocenters. The number of rotatable bonds is 10. The summed E-state index contributed by atoms with van der Waals surface area (Å²) in [5.41, 5.74) is 5.65. The summed E-state index contributed by atoms with van der Waals surface area (Å²) in [6, 6.07) is 10.9. The second-order valence-corrected chi connectivity index (χ2v) is 9.01. The maximum atomic E-state index is 13.4. The van der Waals surface area contributed by atoms with Crippen LogP contribution in [0.2, 0.25) is 0 Å². The van der Waals surface area contributed by atoms with E-state index in [0.717, 1.165) is 12.1 Å². The minimum Gasteiger partial charge on any atom is -0.457 e. The number of primary amides is 1. The summed E-state index contributed by atoms with van der Waals surface area (Å²) in [6.07, 6.45) is -3.90. The van der Waals surface area contributed by atoms with E-state index >= 15 is 0 Å². The number of nitrogens with two attached hydrogens (primary N) is 1. The SMILES string of the molecule is CCN(CC)Cc1cc(C(F)(F)F)ccc1Oc1ccc(-c2nc(NC3CCNC3=O)cc(C(N)=O)n2)cc1. The fourth-order valence-corrected chi connectivity index (χ4v) is 4.15. The number of hydrogen-bond acceptors (Lipinski definition) is 7. The van der Waals surface area contributed by atoms with Crippen LogP contribution in [0.3, 0.4) is 0 Å². The van der Waals surface area contributed by atoms with Crippen LogP contribution < -0.4 is 21.1 Å². The predicted molar refractivity (Wildman–Crippen MR) is 139 cm³/mol. The van der Waals surface area contributed by atoms with E-state index in [2.05, 4.69) is 20.6 Å². The highest BCUT2D eigenvalue weighted by Crippen LogP contribution is 2.35. The predicted octanol–water partition coefficient (Wildman–Crippen LogP) is 4.20. The molecule has 4 rings (SSSR count). The first-order valence-electron chi connectivity index (χ1n) is 12.5. The van der Waals surface area contributed by atoms with E-state index in [4.69, 9.17) is 10.5 Å². The molecule has 1 aromatic heterocycles. The molecule has 0 bridgehead atoms. The number of aromatic nitrogens is 2. The number of carbonyl (C=O) groups is 2. The Bertz CT molecular complexity index is 1340. The van der Waals surface area contributed by atoms with Gasteiger partial charge in [0.2, 0.25) is 5.91 Å². The molecule has 3 aromatic rings. The second-order valence-electron chi connectivity index (χ2n) is 9.01. The Morgan fingerprint density at radius 1 is 1.13 bits per heavy atom. The van der Waals surface area contributed by atoms with Gasteiger partial charge in [0.25, 0.3) is 5.91 Å². The van der Waals surface area contributed by atoms with Crippen LogP contribution in [-0.2, 0) is 17.5 Å². The second kappa shape index (κ2) is 11.7. The highest BCUT2D eigenvalue weighted by Gasteiger charge is 2.31. The quantitative estimate of drug-likeness (QED) is 0.351. The number of halogens is 3. The maximum absolute atomic E-state index is 13.4. The summed E-state index contributed by atoms with van der Waals surface area (Å²) in [5.74, 6) is 0.279. The van der Waals surface area contributed by atoms with Crippen molar-refractivity contribution in [1.29, 1.82) is 0 Å². The number of alkyl halides is 3. The minimum absolute atomic E-state index is 0.0213. The average molecular weight is 543 g/mol. The van der Waals surface area contributed by atoms with Gasteiger partial charge in [-0.05, 0) is 62.0 Å². The van der Waals surface area contributed by atoms with Crippen LogP contribution in [0.1, 0.15) is 41.9 Å². The Labute approximate surface area is 223 Å². The van der Waals surface area contributed by atoms with Crippen LogP contribution in [0.25, 0.3) is 11.4 Å². The van der Waals surface area contributed by atoms with E-state index in [9.17, 15) is 22.8 Å². The molecule has 1 fully saturated rings. The van der Waals surface area contributed by atoms with Gasteiger partial charge < -0.3 is 21.1 Å². The number of amides is 2. The third kappa shape index (κ3) is 6.82. The van der Waals surface area contributed by atoms with Gasteiger partial charge in [0.1, 0.15) is 29.1 Å². The third-order valence-electron chi connectivity index (χ3n) is 6.37. The van der Waals surface area contributed by atoms with Gasteiger partial charge >= 0.3 is 6.18 Å². The molecular formula is C27H29F3N6O3. The van der Waals surface area contributed by atoms with Gasteiger partial charge in [-0.1, -0.05) is 13.8 Å². The summed E-state index contributed by atoms with van der Waals surface area (Å²) >= 11 is 0. The molecule has 0 spiro atoms. The summed E-state index contributed by atoms with van der Waals surface area (Å²) in [7, 11) is 0. The summed E-state index contributed by atoms with van der Waals surface area (Å²) < 4.78 is 46.0. The van der Waals surface area contributed by atoms with Gasteiger partial charge in [-0.25, -0.2) is 9.97 Å². The molecule has 1 aliphatic rings. The fourth-order valence-electron chi connectivity index (χ4n) is 4.15. The van der Waals surface area contributed by atoms with Crippen LogP contribution in [0.15, 0.2) is 48.5 Å². The number of nitrogens with one attached hydrogen (secondary N) is 2. The van der Waals surface area contributed by atoms with Crippen molar-refractivity contribution >= 4 is 17.6 Å². The van der Waals surface area contributed by atoms with E-state index in [1.54, 1.807) is 24.3 Å². The Hall–Kier alpha value is -4.19. The Morgan fingerprint density at radius 3 is 2.44 bits per heavy atom. The Kier molecular flexibility index (Phi) is 8.34. The zero-order chi connectivity index (χ0) is 28.2. The standard InChI is InChI=1S/C27H29F3N6O3/c1-3-36(4-2)15-17-13-18(27(28,29)30)7-10-22(17)39-19-8-5-16(6-9-19)25-34-21(24(31)37)14-23(35-25)33-20-11-12-32-26(20)38/h5-10,13-14,20H,3-4,11-12,15H2,1-2H3,(H2,31,37)(H,32,38)(H,33,34,35). The first-order chi connectivity index (χ1) is 18.6. The van der Waals surface area contributed by atoms with Crippen molar-refractivity contribution in [2.75, 3.05) is 25.0 Å². The average Bonchev–Trinajstić information content (AvgIpc) is 3.31. The highest BCUT2D eigenvalue weighted by molar-refractivity contribution is 5.92. The molecule has 4 N–H and O–H groups in total. The summed E-state index contributed by atoms with van der Waals surface area (Å²) in [4.78, 5) is 34.5. The van der Waals surface area contributed by atoms with Gasteiger partial charge in [-0.2, -0.15) is 13.2 Å². The molecule has 0 aliphatic carbocycles. The van der Waals surface area contributed by atoms with Crippen molar-refractivity contribution in [2.45, 2.75) is 39.0 Å². The van der Waals surface area contributed by atoms with Crippen LogP contribution in [0.5, 0.6) is 11.5 Å². The van der Waals surface area contributed by atoms with Gasteiger partial charge in [0, 0.05) is 30.3 Å². The number of benzene rings is 2. The van der Waals surface area contributed by atoms with Crippen LogP contribution >= 0.6 is 0 Å². The molecule has 2 aromatic carbocycles. The van der Waals surface area contributed by atoms with E-state index < -0.39 is 23.7 Å². The number of carbonyl (C=O) groups excluding carboxylic acids is 2. The van der Waals surface area contributed by atoms with Crippen molar-refractivity contribution in [3.63, 3.8) is 0 Å². The number of hydrogen-bond donors (Lipinski definition) is 3. The fraction of sp³-hybridized carbons (Fsp3) is 0.333. The lowest BCUT2D eigenvalue weighted by atomic mass is 10.1. The van der Waals surface area contributed by atoms with Crippen molar-refractivity contribution in [3.8, 4) is 22.9 Å². The van der Waals surface area contributed by atoms with Crippen LogP contribution in [0.4, 0.5) is 19.0 Å². The minimum atomic E-state index is -4.47. The maximum Gasteiger partial charge on any atom is 0.416 e. The molecule has 0 radical (unpaired) electrons. The van der Waals surface area contributed by atoms with Crippen molar-refractivity contribution in [1.82, 2.24) is 20.2 Å². The van der Waals surface area contributed by atoms with Gasteiger partial charge in [-0.3, -0.25) is 14.5 Å². The van der Waals surface area contributed by atoms with Crippen molar-refractivity contribution < 1.29 is 27.5 Å². The van der Waals surface area contributed by atoms with E-state index in [-0.39, 0.29) is 23.2 Å². The Morgan fingerprint density at radius 2 is 1.85 bits per heavy atom. The molecule has 39 heavy (non-hydrogen) atoms. The normalized spacial score (nSPS) is 15.3. The largest absolute Gasteiger partial charge is 0.457 e. The number of ether oxygens (including phenoxy) is 1. The molecular weight excluding hydrogens is 513 g/mol. The first-order valence-corrected chi connectivity index (χ1v) is 12.5. The zero-order valence-electron chi connectivity index (χ0n) is 21.5. The number of anilines is 1. The first kappa shape index (κ1) is 27.8. The summed E-state index contributed by atoms with van der Waals surface area (Å²) in [6.45, 7) is 6.06. The van der Waals surface area contributed by atoms with E-state index in [0.29, 0.717) is 55.2 Å². The smallest absolute Gasteiger partial charge is 0.416 e. The highest BCUT2D eigenvalue weighted by atomic mass is 19.4. The lowest BCUT2D eigenvalue weighted by Crippen LogP contribution is -2.30. The van der Waals surface area contributed by atoms with Crippen LogP contribution in [0, 0.1) is 0 Å². The zero-order valence-corrected chi connectivity index (χ0v) is 21.5. The van der Waals surface area contributed by atoms with E-state index in [1.807, 2.05) is 18.7 Å². The number of nitrogens with zero attached hydrogens (tertiary/aromatic N) is 3. The molecule has 206 valence electrons. The molecule has 9 nitrogen and oxygen atoms in total. The molecule has 12 heteroatoms. The molecule has 1 unspecified atom stereocenters. The molecule has 0 saturated carbocycles. The van der Waals surface area contributed by atoms with E-state index in [1.165, 1.54) is 12.1 Å². The van der Waals surface area contributed by atoms with Crippen LogP contribution in [-0.4, -0.2) is 52.4 Å². The summed E-state index contributed by atoms with van der Waals surface area (Å²) in [5, 5.41) is 5.73.